The summed E-state index contributed by atoms with van der Waals surface area (Å²) in [5, 5.41) is 9.78. The van der Waals surface area contributed by atoms with Gasteiger partial charge in [0.15, 0.2) is 0 Å². The predicted molar refractivity (Wildman–Crippen MR) is 76.7 cm³/mol. The second-order valence-corrected chi connectivity index (χ2v) is 4.79. The minimum Gasteiger partial charge on any atom is -0.480 e. The quantitative estimate of drug-likeness (QED) is 0.908. The number of carbonyl (C=O) groups is 2. The van der Waals surface area contributed by atoms with Crippen LogP contribution in [0, 0.1) is 0 Å². The van der Waals surface area contributed by atoms with Crippen LogP contribution in [-0.2, 0) is 11.8 Å². The van der Waals surface area contributed by atoms with Crippen molar-refractivity contribution in [3.63, 3.8) is 0 Å². The highest BCUT2D eigenvalue weighted by Gasteiger charge is 2.21. The van der Waals surface area contributed by atoms with E-state index in [2.05, 4.69) is 0 Å². The highest BCUT2D eigenvalue weighted by Crippen LogP contribution is 2.21. The average molecular weight is 274 g/mol. The lowest BCUT2D eigenvalue weighted by Gasteiger charge is -2.19. The summed E-state index contributed by atoms with van der Waals surface area (Å²) in [5.74, 6) is -1.22. The lowest BCUT2D eigenvalue weighted by Crippen LogP contribution is -2.36. The third kappa shape index (κ3) is 2.66. The van der Waals surface area contributed by atoms with Crippen LogP contribution in [0.5, 0.6) is 0 Å². The first kappa shape index (κ1) is 14.1. The molecule has 0 bridgehead atoms. The maximum absolute atomic E-state index is 12.5. The second kappa shape index (κ2) is 5.77. The molecule has 0 aliphatic rings. The number of aryl methyl sites for hydroxylation is 1. The summed E-state index contributed by atoms with van der Waals surface area (Å²) in [6.45, 7) is 2.09. The van der Waals surface area contributed by atoms with E-state index in [0.29, 0.717) is 12.1 Å². The van der Waals surface area contributed by atoms with Gasteiger partial charge in [0.25, 0.3) is 5.91 Å². The number of nitrogens with zero attached hydrogens (tertiary/aromatic N) is 2. The molecule has 1 aromatic carbocycles. The Kier molecular flexibility index (Phi) is 4.08. The van der Waals surface area contributed by atoms with Gasteiger partial charge in [-0.1, -0.05) is 25.1 Å². The zero-order valence-electron chi connectivity index (χ0n) is 11.7. The van der Waals surface area contributed by atoms with E-state index in [0.717, 1.165) is 17.3 Å². The SMILES string of the molecule is CCCN(CC(=O)O)C(=O)c1cn(C)c2ccccc12. The van der Waals surface area contributed by atoms with Crippen LogP contribution in [0.4, 0.5) is 0 Å². The number of benzene rings is 1. The molecule has 2 rings (SSSR count). The van der Waals surface area contributed by atoms with Crippen LogP contribution in [0.15, 0.2) is 30.5 Å². The molecule has 0 unspecified atom stereocenters. The molecular formula is C15H18N2O3. The number of hydrogen-bond acceptors (Lipinski definition) is 2. The van der Waals surface area contributed by atoms with Gasteiger partial charge >= 0.3 is 5.97 Å². The standard InChI is InChI=1S/C15H18N2O3/c1-3-8-17(10-14(18)19)15(20)12-9-16(2)13-7-5-4-6-11(12)13/h4-7,9H,3,8,10H2,1-2H3,(H,18,19). The molecule has 0 saturated heterocycles. The molecular weight excluding hydrogens is 256 g/mol. The van der Waals surface area contributed by atoms with Gasteiger partial charge in [0.2, 0.25) is 0 Å². The second-order valence-electron chi connectivity index (χ2n) is 4.79. The zero-order valence-corrected chi connectivity index (χ0v) is 11.7. The smallest absolute Gasteiger partial charge is 0.323 e. The Labute approximate surface area is 117 Å². The molecule has 106 valence electrons. The maximum Gasteiger partial charge on any atom is 0.323 e. The van der Waals surface area contributed by atoms with Gasteiger partial charge in [-0.3, -0.25) is 9.59 Å². The number of amides is 1. The molecule has 0 aliphatic carbocycles. The average Bonchev–Trinajstić information content (AvgIpc) is 2.75. The van der Waals surface area contributed by atoms with E-state index in [1.54, 1.807) is 6.20 Å². The minimum atomic E-state index is -0.993. The number of para-hydroxylation sites is 1. The van der Waals surface area contributed by atoms with Crippen molar-refractivity contribution in [2.24, 2.45) is 7.05 Å². The van der Waals surface area contributed by atoms with Crippen molar-refractivity contribution in [3.8, 4) is 0 Å². The van der Waals surface area contributed by atoms with Crippen molar-refractivity contribution in [1.82, 2.24) is 9.47 Å². The summed E-state index contributed by atoms with van der Waals surface area (Å²) in [6, 6.07) is 7.61. The molecule has 20 heavy (non-hydrogen) atoms. The summed E-state index contributed by atoms with van der Waals surface area (Å²) >= 11 is 0. The molecule has 0 atom stereocenters. The molecule has 1 aromatic heterocycles. The number of carboxylic acid groups (broad SMARTS) is 1. The summed E-state index contributed by atoms with van der Waals surface area (Å²) in [6.07, 6.45) is 2.49. The van der Waals surface area contributed by atoms with E-state index in [4.69, 9.17) is 5.11 Å². The molecule has 5 heteroatoms. The molecule has 0 saturated carbocycles. The van der Waals surface area contributed by atoms with Crippen molar-refractivity contribution < 1.29 is 14.7 Å². The third-order valence-corrected chi connectivity index (χ3v) is 3.23. The number of hydrogen-bond donors (Lipinski definition) is 1. The van der Waals surface area contributed by atoms with Gasteiger partial charge in [-0.2, -0.15) is 0 Å². The normalized spacial score (nSPS) is 10.7. The lowest BCUT2D eigenvalue weighted by atomic mass is 10.1. The predicted octanol–water partition coefficient (Wildman–Crippen LogP) is 2.12. The van der Waals surface area contributed by atoms with Gasteiger partial charge in [0.05, 0.1) is 5.56 Å². The first-order valence-electron chi connectivity index (χ1n) is 6.59. The van der Waals surface area contributed by atoms with Crippen LogP contribution in [0.1, 0.15) is 23.7 Å². The van der Waals surface area contributed by atoms with Crippen LogP contribution < -0.4 is 0 Å². The van der Waals surface area contributed by atoms with E-state index in [1.165, 1.54) is 4.90 Å². The lowest BCUT2D eigenvalue weighted by molar-refractivity contribution is -0.137. The molecule has 5 nitrogen and oxygen atoms in total. The van der Waals surface area contributed by atoms with Gasteiger partial charge in [0, 0.05) is 30.7 Å². The van der Waals surface area contributed by atoms with Crippen LogP contribution in [-0.4, -0.2) is 39.5 Å². The Morgan fingerprint density at radius 2 is 2.00 bits per heavy atom. The van der Waals surface area contributed by atoms with E-state index in [1.807, 2.05) is 42.8 Å². The third-order valence-electron chi connectivity index (χ3n) is 3.23. The van der Waals surface area contributed by atoms with Crippen molar-refractivity contribution in [3.05, 3.63) is 36.0 Å². The number of fused-ring (bicyclic) bond motifs is 1. The Morgan fingerprint density at radius 1 is 1.30 bits per heavy atom. The molecule has 0 radical (unpaired) electrons. The van der Waals surface area contributed by atoms with Crippen LogP contribution in [0.25, 0.3) is 10.9 Å². The number of aromatic nitrogens is 1. The summed E-state index contributed by atoms with van der Waals surface area (Å²) in [4.78, 5) is 24.8. The Hall–Kier alpha value is -2.30. The molecule has 0 spiro atoms. The van der Waals surface area contributed by atoms with Gasteiger partial charge in [-0.15, -0.1) is 0 Å². The fourth-order valence-corrected chi connectivity index (χ4v) is 2.37. The van der Waals surface area contributed by atoms with Crippen LogP contribution in [0.3, 0.4) is 0 Å². The summed E-state index contributed by atoms with van der Waals surface area (Å²) in [5.41, 5.74) is 1.51. The highest BCUT2D eigenvalue weighted by atomic mass is 16.4. The largest absolute Gasteiger partial charge is 0.480 e. The fraction of sp³-hybridized carbons (Fsp3) is 0.333. The molecule has 1 heterocycles. The maximum atomic E-state index is 12.5. The molecule has 0 aliphatic heterocycles. The molecule has 1 N–H and O–H groups in total. The summed E-state index contributed by atoms with van der Waals surface area (Å²) < 4.78 is 1.88. The van der Waals surface area contributed by atoms with E-state index in [-0.39, 0.29) is 12.5 Å². The van der Waals surface area contributed by atoms with E-state index >= 15 is 0 Å². The number of rotatable bonds is 5. The minimum absolute atomic E-state index is 0.231. The van der Waals surface area contributed by atoms with Gasteiger partial charge in [-0.05, 0) is 12.5 Å². The molecule has 0 fully saturated rings. The first-order chi connectivity index (χ1) is 9.54. The Morgan fingerprint density at radius 3 is 2.65 bits per heavy atom. The monoisotopic (exact) mass is 274 g/mol. The molecule has 1 amide bonds. The van der Waals surface area contributed by atoms with Gasteiger partial charge in [-0.25, -0.2) is 0 Å². The topological polar surface area (TPSA) is 62.5 Å². The van der Waals surface area contributed by atoms with Crippen molar-refractivity contribution in [1.29, 1.82) is 0 Å². The van der Waals surface area contributed by atoms with Crippen LogP contribution >= 0.6 is 0 Å². The van der Waals surface area contributed by atoms with Gasteiger partial charge in [0.1, 0.15) is 6.54 Å². The van der Waals surface area contributed by atoms with Gasteiger partial charge < -0.3 is 14.6 Å². The van der Waals surface area contributed by atoms with E-state index in [9.17, 15) is 9.59 Å². The Bertz CT molecular complexity index is 646. The zero-order chi connectivity index (χ0) is 14.7. The highest BCUT2D eigenvalue weighted by molar-refractivity contribution is 6.07. The summed E-state index contributed by atoms with van der Waals surface area (Å²) in [7, 11) is 1.88. The fourth-order valence-electron chi connectivity index (χ4n) is 2.37. The van der Waals surface area contributed by atoms with E-state index < -0.39 is 5.97 Å². The van der Waals surface area contributed by atoms with Crippen molar-refractivity contribution >= 4 is 22.8 Å². The molecule has 2 aromatic rings. The first-order valence-corrected chi connectivity index (χ1v) is 6.59. The van der Waals surface area contributed by atoms with Crippen molar-refractivity contribution in [2.45, 2.75) is 13.3 Å². The Balaban J connectivity index is 2.41. The number of carboxylic acids is 1. The van der Waals surface area contributed by atoms with Crippen molar-refractivity contribution in [2.75, 3.05) is 13.1 Å². The number of carbonyl (C=O) groups excluding carboxylic acids is 1. The number of aliphatic carboxylic acids is 1. The van der Waals surface area contributed by atoms with Crippen LogP contribution in [0.2, 0.25) is 0 Å².